The van der Waals surface area contributed by atoms with E-state index < -0.39 is 0 Å². The van der Waals surface area contributed by atoms with E-state index in [1.807, 2.05) is 18.6 Å². The summed E-state index contributed by atoms with van der Waals surface area (Å²) in [6, 6.07) is 6.70. The molecule has 6 heterocycles. The van der Waals surface area contributed by atoms with Crippen LogP contribution in [-0.4, -0.2) is 86.2 Å². The molecule has 2 aliphatic heterocycles. The normalized spacial score (nSPS) is 20.7. The van der Waals surface area contributed by atoms with E-state index in [0.29, 0.717) is 5.92 Å². The lowest BCUT2D eigenvalue weighted by Gasteiger charge is -2.37. The minimum Gasteiger partial charge on any atom is -0.369 e. The van der Waals surface area contributed by atoms with Crippen molar-refractivity contribution in [2.75, 3.05) is 46.3 Å². The minimum atomic E-state index is 0.510. The molecule has 3 aliphatic rings. The van der Waals surface area contributed by atoms with E-state index in [-0.39, 0.29) is 0 Å². The van der Waals surface area contributed by atoms with E-state index >= 15 is 0 Å². The van der Waals surface area contributed by atoms with Gasteiger partial charge in [0.15, 0.2) is 0 Å². The summed E-state index contributed by atoms with van der Waals surface area (Å²) in [7, 11) is 2.21. The molecule has 8 heteroatoms. The molecule has 0 amide bonds. The zero-order chi connectivity index (χ0) is 25.6. The molecule has 2 fully saturated rings. The van der Waals surface area contributed by atoms with Gasteiger partial charge in [0.25, 0.3) is 0 Å². The van der Waals surface area contributed by atoms with Gasteiger partial charge in [-0.3, -0.25) is 20.0 Å². The number of allylic oxidation sites excluding steroid dienone is 1. The predicted octanol–water partition coefficient (Wildman–Crippen LogP) is 4.39. The van der Waals surface area contributed by atoms with Crippen molar-refractivity contribution in [2.24, 2.45) is 5.92 Å². The average molecular weight is 509 g/mol. The van der Waals surface area contributed by atoms with Crippen LogP contribution in [0.1, 0.15) is 36.6 Å². The van der Waals surface area contributed by atoms with Crippen molar-refractivity contribution in [1.29, 1.82) is 0 Å². The molecule has 2 saturated heterocycles. The summed E-state index contributed by atoms with van der Waals surface area (Å²) in [4.78, 5) is 20.5. The number of likely N-dealkylation sites (N-methyl/N-ethyl adjacent to an activating group) is 1. The Kier molecular flexibility index (Phi) is 6.01. The fraction of sp³-hybridized carbons (Fsp3) is 0.433. The Hall–Kier alpha value is -3.49. The molecule has 7 rings (SSSR count). The Balaban J connectivity index is 1.21. The number of nitrogens with zero attached hydrogens (tertiary/aromatic N) is 6. The lowest BCUT2D eigenvalue weighted by Crippen LogP contribution is -2.43. The largest absolute Gasteiger partial charge is 0.369 e. The molecule has 2 N–H and O–H groups in total. The van der Waals surface area contributed by atoms with Crippen molar-refractivity contribution in [2.45, 2.75) is 32.7 Å². The number of piperazine rings is 1. The lowest BCUT2D eigenvalue weighted by molar-refractivity contribution is 0.206. The van der Waals surface area contributed by atoms with Crippen molar-refractivity contribution < 1.29 is 0 Å². The van der Waals surface area contributed by atoms with Crippen molar-refractivity contribution >= 4 is 16.6 Å². The Morgan fingerprint density at radius 3 is 2.66 bits per heavy atom. The Bertz CT molecular complexity index is 1480. The van der Waals surface area contributed by atoms with E-state index in [1.54, 1.807) is 0 Å². The van der Waals surface area contributed by atoms with Crippen LogP contribution >= 0.6 is 0 Å². The van der Waals surface area contributed by atoms with Gasteiger partial charge in [0.05, 0.1) is 23.1 Å². The molecule has 38 heavy (non-hydrogen) atoms. The average Bonchev–Trinajstić information content (AvgIpc) is 3.68. The highest BCUT2D eigenvalue weighted by molar-refractivity contribution is 5.94. The van der Waals surface area contributed by atoms with E-state index in [4.69, 9.17) is 10.1 Å². The Labute approximate surface area is 223 Å². The molecule has 196 valence electrons. The van der Waals surface area contributed by atoms with Crippen LogP contribution in [0.5, 0.6) is 0 Å². The highest BCUT2D eigenvalue weighted by Gasteiger charge is 2.27. The number of rotatable bonds is 5. The maximum Gasteiger partial charge on any atom is 0.116 e. The number of aromatic amines is 2. The van der Waals surface area contributed by atoms with Crippen molar-refractivity contribution in [3.05, 3.63) is 59.7 Å². The van der Waals surface area contributed by atoms with E-state index in [1.165, 1.54) is 48.4 Å². The van der Waals surface area contributed by atoms with Gasteiger partial charge in [0.1, 0.15) is 5.69 Å². The third-order valence-electron chi connectivity index (χ3n) is 8.39. The molecule has 0 saturated carbocycles. The number of aromatic nitrogens is 5. The predicted molar refractivity (Wildman–Crippen MR) is 151 cm³/mol. The second kappa shape index (κ2) is 9.67. The van der Waals surface area contributed by atoms with Crippen LogP contribution in [0.15, 0.2) is 42.9 Å². The topological polar surface area (TPSA) is 80.0 Å². The van der Waals surface area contributed by atoms with Gasteiger partial charge in [-0.25, -0.2) is 0 Å². The summed E-state index contributed by atoms with van der Waals surface area (Å²) in [6.07, 6.45) is 11.9. The SMILES string of the molecule is CC1C=C(N2CCN(C)CC2)c2cc(-c3n[nH]c4cnc(-c5cncc(CN6CCCC6)c5)cc34)[nH]c2C1. The summed E-state index contributed by atoms with van der Waals surface area (Å²) < 4.78 is 0. The molecule has 0 spiro atoms. The first kappa shape index (κ1) is 23.6. The molecular formula is C30H36N8. The number of hydrogen-bond acceptors (Lipinski definition) is 6. The van der Waals surface area contributed by atoms with E-state index in [2.05, 4.69) is 68.0 Å². The second-order valence-corrected chi connectivity index (χ2v) is 11.4. The monoisotopic (exact) mass is 508 g/mol. The maximum absolute atomic E-state index is 4.76. The standard InChI is InChI=1S/C30H36N8/c1-20-11-26-23(29(12-20)38-9-7-36(2)8-10-38)14-27(33-26)30-24-15-25(32-18-28(24)34-35-30)22-13-21(16-31-17-22)19-37-5-3-4-6-37/h12-18,20,33H,3-11,19H2,1-2H3,(H,34,35). The van der Waals surface area contributed by atoms with Gasteiger partial charge in [-0.2, -0.15) is 5.10 Å². The summed E-state index contributed by atoms with van der Waals surface area (Å²) in [5.41, 5.74) is 10.2. The molecule has 1 unspecified atom stereocenters. The third-order valence-corrected chi connectivity index (χ3v) is 8.39. The van der Waals surface area contributed by atoms with Crippen molar-refractivity contribution in [1.82, 2.24) is 39.8 Å². The first-order chi connectivity index (χ1) is 18.6. The third kappa shape index (κ3) is 4.41. The Morgan fingerprint density at radius 2 is 1.82 bits per heavy atom. The van der Waals surface area contributed by atoms with Crippen molar-refractivity contribution in [3.63, 3.8) is 0 Å². The summed E-state index contributed by atoms with van der Waals surface area (Å²) >= 11 is 0. The van der Waals surface area contributed by atoms with Gasteiger partial charge in [-0.15, -0.1) is 0 Å². The smallest absolute Gasteiger partial charge is 0.116 e. The second-order valence-electron chi connectivity index (χ2n) is 11.4. The highest BCUT2D eigenvalue weighted by atomic mass is 15.3. The molecule has 4 aromatic heterocycles. The quantitative estimate of drug-likeness (QED) is 0.416. The summed E-state index contributed by atoms with van der Waals surface area (Å²) in [5, 5.41) is 9.03. The first-order valence-electron chi connectivity index (χ1n) is 14.0. The van der Waals surface area contributed by atoms with Crippen LogP contribution in [-0.2, 0) is 13.0 Å². The maximum atomic E-state index is 4.76. The fourth-order valence-electron chi connectivity index (χ4n) is 6.27. The zero-order valence-electron chi connectivity index (χ0n) is 22.4. The molecule has 0 radical (unpaired) electrons. The van der Waals surface area contributed by atoms with E-state index in [0.717, 1.165) is 72.7 Å². The minimum absolute atomic E-state index is 0.510. The first-order valence-corrected chi connectivity index (χ1v) is 14.0. The number of nitrogens with one attached hydrogen (secondary N) is 2. The molecular weight excluding hydrogens is 472 g/mol. The van der Waals surface area contributed by atoms with Crippen LogP contribution < -0.4 is 0 Å². The molecule has 4 aromatic rings. The van der Waals surface area contributed by atoms with Gasteiger partial charge in [-0.1, -0.05) is 13.0 Å². The van der Waals surface area contributed by atoms with Crippen LogP contribution in [0.2, 0.25) is 0 Å². The fourth-order valence-corrected chi connectivity index (χ4v) is 6.27. The van der Waals surface area contributed by atoms with Gasteiger partial charge >= 0.3 is 0 Å². The number of likely N-dealkylation sites (tertiary alicyclic amines) is 1. The van der Waals surface area contributed by atoms with Crippen LogP contribution in [0, 0.1) is 5.92 Å². The van der Waals surface area contributed by atoms with Crippen LogP contribution in [0.4, 0.5) is 0 Å². The molecule has 1 atom stereocenters. The molecule has 0 bridgehead atoms. The van der Waals surface area contributed by atoms with Gasteiger partial charge in [0.2, 0.25) is 0 Å². The number of H-pyrrole nitrogens is 2. The number of fused-ring (bicyclic) bond motifs is 2. The van der Waals surface area contributed by atoms with Gasteiger partial charge in [0, 0.05) is 73.0 Å². The van der Waals surface area contributed by atoms with Gasteiger partial charge < -0.3 is 14.8 Å². The molecule has 8 nitrogen and oxygen atoms in total. The molecule has 1 aliphatic carbocycles. The number of pyridine rings is 2. The summed E-state index contributed by atoms with van der Waals surface area (Å²) in [6.45, 7) is 9.97. The van der Waals surface area contributed by atoms with Crippen LogP contribution in [0.3, 0.4) is 0 Å². The van der Waals surface area contributed by atoms with Crippen molar-refractivity contribution in [3.8, 4) is 22.6 Å². The zero-order valence-corrected chi connectivity index (χ0v) is 22.4. The number of hydrogen-bond donors (Lipinski definition) is 2. The lowest BCUT2D eigenvalue weighted by atomic mass is 9.92. The van der Waals surface area contributed by atoms with Crippen LogP contribution in [0.25, 0.3) is 39.2 Å². The highest BCUT2D eigenvalue weighted by Crippen LogP contribution is 2.37. The Morgan fingerprint density at radius 1 is 0.974 bits per heavy atom. The van der Waals surface area contributed by atoms with Gasteiger partial charge in [-0.05, 0) is 69.1 Å². The molecule has 0 aromatic carbocycles. The summed E-state index contributed by atoms with van der Waals surface area (Å²) in [5.74, 6) is 0.510. The van der Waals surface area contributed by atoms with E-state index in [9.17, 15) is 0 Å².